The average molecular weight is 440 g/mol. The van der Waals surface area contributed by atoms with Crippen molar-refractivity contribution in [2.75, 3.05) is 37.4 Å². The third-order valence-corrected chi connectivity index (χ3v) is 6.63. The van der Waals surface area contributed by atoms with Gasteiger partial charge in [0.05, 0.1) is 0 Å². The summed E-state index contributed by atoms with van der Waals surface area (Å²) in [5.74, 6) is 0. The zero-order valence-electron chi connectivity index (χ0n) is 16.0. The van der Waals surface area contributed by atoms with Crippen molar-refractivity contribution in [2.45, 2.75) is 27.7 Å². The van der Waals surface area contributed by atoms with Gasteiger partial charge in [0, 0.05) is 0 Å². The Kier molecular flexibility index (Phi) is 8.11. The number of anilines is 2. The van der Waals surface area contributed by atoms with Crippen LogP contribution in [-0.4, -0.2) is 31.7 Å². The van der Waals surface area contributed by atoms with Gasteiger partial charge in [-0.15, -0.1) is 0 Å². The molecule has 0 aliphatic rings. The van der Waals surface area contributed by atoms with Crippen molar-refractivity contribution in [1.82, 2.24) is 4.90 Å². The Hall–Kier alpha value is -0.914. The Bertz CT molecular complexity index is 730. The van der Waals surface area contributed by atoms with Crippen LogP contribution in [0.2, 0.25) is 0 Å². The zero-order valence-corrected chi connectivity index (χ0v) is 18.6. The SMILES string of the molecule is Cc1cccc(C)c1NCCN(C)CNc1c(C)cc[c]([Co]([Cl])[Cl])c1C. The van der Waals surface area contributed by atoms with Crippen LogP contribution in [0.15, 0.2) is 30.3 Å². The van der Waals surface area contributed by atoms with Gasteiger partial charge in [-0.2, -0.15) is 0 Å². The van der Waals surface area contributed by atoms with Crippen LogP contribution >= 0.6 is 20.3 Å². The van der Waals surface area contributed by atoms with Crippen LogP contribution in [0.1, 0.15) is 22.3 Å². The minimum absolute atomic E-state index is 0.766. The molecule has 0 heterocycles. The van der Waals surface area contributed by atoms with E-state index >= 15 is 0 Å². The predicted molar refractivity (Wildman–Crippen MR) is 113 cm³/mol. The van der Waals surface area contributed by atoms with Gasteiger partial charge in [-0.05, 0) is 0 Å². The van der Waals surface area contributed by atoms with Crippen LogP contribution in [0.5, 0.6) is 0 Å². The molecule has 2 N–H and O–H groups in total. The van der Waals surface area contributed by atoms with Crippen molar-refractivity contribution in [3.8, 4) is 0 Å². The van der Waals surface area contributed by atoms with E-state index in [0.717, 1.165) is 35.5 Å². The second-order valence-corrected chi connectivity index (χ2v) is 10.3. The Morgan fingerprint density at radius 3 is 2.12 bits per heavy atom. The fourth-order valence-electron chi connectivity index (χ4n) is 2.98. The summed E-state index contributed by atoms with van der Waals surface area (Å²) < 4.78 is 1.02. The van der Waals surface area contributed by atoms with Gasteiger partial charge in [0.25, 0.3) is 0 Å². The first kappa shape index (κ1) is 21.4. The number of likely N-dealkylation sites (N-methyl/N-ethyl adjacent to an activating group) is 1. The number of nitrogens with one attached hydrogen (secondary N) is 2. The van der Waals surface area contributed by atoms with E-state index < -0.39 is 11.9 Å². The van der Waals surface area contributed by atoms with E-state index in [1.807, 2.05) is 6.07 Å². The molecule has 0 spiro atoms. The van der Waals surface area contributed by atoms with E-state index in [0.29, 0.717) is 0 Å². The number of nitrogens with zero attached hydrogens (tertiary/aromatic N) is 1. The van der Waals surface area contributed by atoms with Crippen LogP contribution in [0.3, 0.4) is 0 Å². The Labute approximate surface area is 170 Å². The molecule has 0 bridgehead atoms. The number of para-hydroxylation sites is 1. The van der Waals surface area contributed by atoms with Gasteiger partial charge in [-0.1, -0.05) is 6.07 Å². The molecule has 0 atom stereocenters. The second kappa shape index (κ2) is 9.86. The summed E-state index contributed by atoms with van der Waals surface area (Å²) in [6.45, 7) is 11.1. The van der Waals surface area contributed by atoms with Crippen molar-refractivity contribution in [3.05, 3.63) is 52.6 Å². The first-order valence-corrected chi connectivity index (χ1v) is 12.0. The molecule has 3 nitrogen and oxygen atoms in total. The monoisotopic (exact) mass is 439 g/mol. The van der Waals surface area contributed by atoms with Gasteiger partial charge in [0.15, 0.2) is 0 Å². The number of halogens is 2. The molecule has 2 aromatic carbocycles. The molecule has 0 unspecified atom stereocenters. The van der Waals surface area contributed by atoms with Crippen molar-refractivity contribution >= 4 is 36.2 Å². The van der Waals surface area contributed by atoms with Gasteiger partial charge in [0.2, 0.25) is 0 Å². The number of rotatable bonds is 8. The average Bonchev–Trinajstić information content (AvgIpc) is 2.57. The molecule has 6 heteroatoms. The molecular weight excluding hydrogens is 412 g/mol. The van der Waals surface area contributed by atoms with Gasteiger partial charge in [0.1, 0.15) is 0 Å². The van der Waals surface area contributed by atoms with Crippen molar-refractivity contribution in [1.29, 1.82) is 0 Å². The topological polar surface area (TPSA) is 27.3 Å². The Balaban J connectivity index is 1.89. The van der Waals surface area contributed by atoms with Crippen molar-refractivity contribution < 1.29 is 11.9 Å². The molecule has 2 rings (SSSR count). The maximum atomic E-state index is 6.13. The summed E-state index contributed by atoms with van der Waals surface area (Å²) in [5, 5.41) is 7.09. The fourth-order valence-corrected chi connectivity index (χ4v) is 4.75. The van der Waals surface area contributed by atoms with E-state index in [-0.39, 0.29) is 0 Å². The van der Waals surface area contributed by atoms with E-state index in [1.54, 1.807) is 0 Å². The first-order chi connectivity index (χ1) is 12.3. The van der Waals surface area contributed by atoms with Gasteiger partial charge < -0.3 is 0 Å². The number of aryl methyl sites for hydroxylation is 3. The first-order valence-electron chi connectivity index (χ1n) is 8.61. The van der Waals surface area contributed by atoms with E-state index in [9.17, 15) is 0 Å². The number of benzene rings is 2. The molecule has 0 saturated heterocycles. The molecule has 0 fully saturated rings. The number of hydrogen-bond acceptors (Lipinski definition) is 3. The van der Waals surface area contributed by atoms with E-state index in [1.165, 1.54) is 22.4 Å². The number of hydrogen-bond donors (Lipinski definition) is 2. The van der Waals surface area contributed by atoms with Crippen LogP contribution < -0.4 is 15.1 Å². The van der Waals surface area contributed by atoms with Crippen LogP contribution in [0, 0.1) is 27.7 Å². The zero-order chi connectivity index (χ0) is 19.3. The van der Waals surface area contributed by atoms with Crippen LogP contribution in [0.4, 0.5) is 11.4 Å². The van der Waals surface area contributed by atoms with Gasteiger partial charge in [-0.25, -0.2) is 0 Å². The Morgan fingerprint density at radius 2 is 1.50 bits per heavy atom. The van der Waals surface area contributed by atoms with E-state index in [4.69, 9.17) is 20.3 Å². The van der Waals surface area contributed by atoms with Gasteiger partial charge in [-0.3, -0.25) is 0 Å². The summed E-state index contributed by atoms with van der Waals surface area (Å²) in [5.41, 5.74) is 7.29. The second-order valence-electron chi connectivity index (χ2n) is 6.62. The van der Waals surface area contributed by atoms with Crippen molar-refractivity contribution in [3.63, 3.8) is 0 Å². The normalized spacial score (nSPS) is 11.6. The molecule has 0 aliphatic carbocycles. The summed E-state index contributed by atoms with van der Waals surface area (Å²) in [6, 6.07) is 10.5. The van der Waals surface area contributed by atoms with E-state index in [2.05, 4.69) is 74.5 Å². The standard InChI is InChI=1S/C20H28N3.2ClH.Co/c1-15-8-6-9-16(2)19(15)21-12-13-23(5)14-22-20-17(3)10-7-11-18(20)4;;;/h6-10,21-22H,12-14H2,1-5H3;2*1H;/q;;;+2/p-2. The molecule has 0 aliphatic heterocycles. The molecule has 146 valence electrons. The summed E-state index contributed by atoms with van der Waals surface area (Å²) in [6.07, 6.45) is 0. The van der Waals surface area contributed by atoms with Crippen LogP contribution in [-0.2, 0) is 11.9 Å². The third kappa shape index (κ3) is 5.54. The third-order valence-electron chi connectivity index (χ3n) is 4.52. The minimum atomic E-state index is -1.11. The molecule has 0 aromatic heterocycles. The molecule has 26 heavy (non-hydrogen) atoms. The molecule has 0 amide bonds. The predicted octanol–water partition coefficient (Wildman–Crippen LogP) is 4.88. The van der Waals surface area contributed by atoms with Gasteiger partial charge >= 0.3 is 165 Å². The van der Waals surface area contributed by atoms with Crippen molar-refractivity contribution in [2.24, 2.45) is 0 Å². The summed E-state index contributed by atoms with van der Waals surface area (Å²) >= 11 is -1.11. The molecule has 0 radical (unpaired) electrons. The quantitative estimate of drug-likeness (QED) is 0.573. The van der Waals surface area contributed by atoms with Crippen LogP contribution in [0.25, 0.3) is 0 Å². The molecule has 2 aromatic rings. The fraction of sp³-hybridized carbons (Fsp3) is 0.400. The Morgan fingerprint density at radius 1 is 0.885 bits per heavy atom. The summed E-state index contributed by atoms with van der Waals surface area (Å²) in [4.78, 5) is 2.26. The summed E-state index contributed by atoms with van der Waals surface area (Å²) in [7, 11) is 14.4. The molecule has 0 saturated carbocycles. The molecular formula is C20H28Cl2CoN3. The maximum absolute atomic E-state index is 6.13.